The highest BCUT2D eigenvalue weighted by atomic mass is 28.2. The van der Waals surface area contributed by atoms with Crippen LogP contribution in [0.4, 0.5) is 0 Å². The molecule has 6 rings (SSSR count). The number of hydrogen-bond donors (Lipinski definition) is 0. The van der Waals surface area contributed by atoms with E-state index in [1.807, 2.05) is 0 Å². The van der Waals surface area contributed by atoms with Crippen molar-refractivity contribution in [3.05, 3.63) is 76.1 Å². The minimum atomic E-state index is 0.364. The van der Waals surface area contributed by atoms with Crippen LogP contribution in [-0.4, -0.2) is 25.8 Å². The maximum absolute atomic E-state index is 2.50. The summed E-state index contributed by atoms with van der Waals surface area (Å²) in [4.78, 5) is 0. The molecule has 0 N–H and O–H groups in total. The largest absolute Gasteiger partial charge is 0.242 e. The van der Waals surface area contributed by atoms with Gasteiger partial charge in [0, 0.05) is 0 Å². The molecular weight excluding hydrogens is 355 g/mol. The molecule has 0 atom stereocenters. The van der Waals surface area contributed by atoms with E-state index in [2.05, 4.69) is 80.6 Å². The molecule has 0 aliphatic carbocycles. The number of allylic oxidation sites excluding steroid dienone is 2. The van der Waals surface area contributed by atoms with E-state index in [-0.39, 0.29) is 0 Å². The van der Waals surface area contributed by atoms with Crippen molar-refractivity contribution in [1.82, 2.24) is 0 Å². The standard InChI is InChI=1S/C24H17BSi2/c1-14-8-16-10-19-20-11-17-9-15(2)27-24(17)13-22(20)25(18-6-4-3-5-7-18)21(19)12-23(16)26-14/h3-13H,1-2H3. The molecule has 0 saturated heterocycles. The molecule has 3 heteroatoms. The summed E-state index contributed by atoms with van der Waals surface area (Å²) >= 11 is 0. The Morgan fingerprint density at radius 1 is 0.667 bits per heavy atom. The van der Waals surface area contributed by atoms with Crippen LogP contribution in [0.5, 0.6) is 0 Å². The second-order valence-corrected chi connectivity index (χ2v) is 11.0. The molecule has 4 radical (unpaired) electrons. The Morgan fingerprint density at radius 3 is 1.70 bits per heavy atom. The summed E-state index contributed by atoms with van der Waals surface area (Å²) in [6, 6.07) is 21.0. The van der Waals surface area contributed by atoms with Crippen LogP contribution in [0.2, 0.25) is 0 Å². The molecule has 0 aromatic heterocycles. The predicted molar refractivity (Wildman–Crippen MR) is 121 cm³/mol. The molecule has 27 heavy (non-hydrogen) atoms. The summed E-state index contributed by atoms with van der Waals surface area (Å²) in [6.07, 6.45) is 4.75. The van der Waals surface area contributed by atoms with Crippen LogP contribution in [0.3, 0.4) is 0 Å². The number of benzene rings is 3. The van der Waals surface area contributed by atoms with E-state index in [0.717, 1.165) is 19.0 Å². The zero-order valence-corrected chi connectivity index (χ0v) is 17.4. The van der Waals surface area contributed by atoms with Crippen molar-refractivity contribution in [2.24, 2.45) is 0 Å². The van der Waals surface area contributed by atoms with Crippen LogP contribution in [-0.2, 0) is 0 Å². The Balaban J connectivity index is 1.64. The van der Waals surface area contributed by atoms with Crippen molar-refractivity contribution in [3.63, 3.8) is 0 Å². The van der Waals surface area contributed by atoms with Crippen molar-refractivity contribution in [1.29, 1.82) is 0 Å². The average molecular weight is 372 g/mol. The Kier molecular flexibility index (Phi) is 3.23. The lowest BCUT2D eigenvalue weighted by Gasteiger charge is -2.12. The quantitative estimate of drug-likeness (QED) is 0.445. The first-order chi connectivity index (χ1) is 13.2. The van der Waals surface area contributed by atoms with Gasteiger partial charge in [-0.2, -0.15) is 0 Å². The van der Waals surface area contributed by atoms with Crippen molar-refractivity contribution in [2.75, 3.05) is 0 Å². The molecule has 0 amide bonds. The highest BCUT2D eigenvalue weighted by Gasteiger charge is 2.35. The normalized spacial score (nSPS) is 15.9. The maximum atomic E-state index is 2.50. The Labute approximate surface area is 165 Å². The maximum Gasteiger partial charge on any atom is 0.242 e. The van der Waals surface area contributed by atoms with E-state index >= 15 is 0 Å². The summed E-state index contributed by atoms with van der Waals surface area (Å²) in [6.45, 7) is 4.88. The fourth-order valence-corrected chi connectivity index (χ4v) is 7.14. The molecule has 3 aromatic carbocycles. The first kappa shape index (κ1) is 15.7. The highest BCUT2D eigenvalue weighted by Crippen LogP contribution is 2.28. The van der Waals surface area contributed by atoms with Crippen molar-refractivity contribution >= 4 is 64.7 Å². The van der Waals surface area contributed by atoms with Gasteiger partial charge in [-0.15, -0.1) is 0 Å². The lowest BCUT2D eigenvalue weighted by Crippen LogP contribution is -2.50. The van der Waals surface area contributed by atoms with Crippen LogP contribution in [0, 0.1) is 0 Å². The summed E-state index contributed by atoms with van der Waals surface area (Å²) in [5.41, 5.74) is 10.2. The van der Waals surface area contributed by atoms with Gasteiger partial charge in [-0.1, -0.05) is 91.8 Å². The smallest absolute Gasteiger partial charge is 0.0818 e. The van der Waals surface area contributed by atoms with Crippen molar-refractivity contribution < 1.29 is 0 Å². The van der Waals surface area contributed by atoms with Gasteiger partial charge in [0.25, 0.3) is 0 Å². The summed E-state index contributed by atoms with van der Waals surface area (Å²) < 4.78 is 0. The molecule has 0 fully saturated rings. The van der Waals surface area contributed by atoms with Gasteiger partial charge in [-0.3, -0.25) is 0 Å². The van der Waals surface area contributed by atoms with Gasteiger partial charge in [-0.05, 0) is 48.2 Å². The van der Waals surface area contributed by atoms with Gasteiger partial charge >= 0.3 is 0 Å². The van der Waals surface area contributed by atoms with Crippen LogP contribution >= 0.6 is 0 Å². The molecule has 3 heterocycles. The Morgan fingerprint density at radius 2 is 1.19 bits per heavy atom. The van der Waals surface area contributed by atoms with Gasteiger partial charge in [0.15, 0.2) is 0 Å². The molecule has 3 aromatic rings. The third kappa shape index (κ3) is 2.28. The van der Waals surface area contributed by atoms with Crippen molar-refractivity contribution in [2.45, 2.75) is 13.8 Å². The Hall–Kier alpha value is -2.36. The van der Waals surface area contributed by atoms with Crippen LogP contribution in [0.1, 0.15) is 25.0 Å². The minimum Gasteiger partial charge on any atom is -0.0818 e. The Bertz CT molecular complexity index is 1110. The van der Waals surface area contributed by atoms with Crippen LogP contribution in [0.15, 0.2) is 65.0 Å². The van der Waals surface area contributed by atoms with Gasteiger partial charge < -0.3 is 0 Å². The molecule has 3 aliphatic heterocycles. The zero-order valence-electron chi connectivity index (χ0n) is 15.4. The SMILES string of the molecule is CC1=Cc2cc3c(cc2[Si]1)B(c1ccccc1)c1cc2c(cc1-3)C=C(C)[Si]2. The number of rotatable bonds is 1. The molecule has 0 spiro atoms. The van der Waals surface area contributed by atoms with Crippen LogP contribution in [0.25, 0.3) is 23.3 Å². The lowest BCUT2D eigenvalue weighted by molar-refractivity contribution is 1.69. The third-order valence-electron chi connectivity index (χ3n) is 5.90. The van der Waals surface area contributed by atoms with E-state index in [1.54, 1.807) is 0 Å². The predicted octanol–water partition coefficient (Wildman–Crippen LogP) is 1.59. The van der Waals surface area contributed by atoms with Gasteiger partial charge in [0.2, 0.25) is 6.71 Å². The fourth-order valence-electron chi connectivity index (χ4n) is 4.80. The average Bonchev–Trinajstić information content (AvgIpc) is 3.29. The van der Waals surface area contributed by atoms with Gasteiger partial charge in [-0.25, -0.2) is 0 Å². The monoisotopic (exact) mass is 372 g/mol. The number of hydrogen-bond acceptors (Lipinski definition) is 0. The molecule has 0 nitrogen and oxygen atoms in total. The molecule has 3 aliphatic rings. The first-order valence-corrected chi connectivity index (χ1v) is 11.5. The lowest BCUT2D eigenvalue weighted by atomic mass is 9.39. The third-order valence-corrected chi connectivity index (χ3v) is 8.38. The first-order valence-electron chi connectivity index (χ1n) is 9.49. The summed E-state index contributed by atoms with van der Waals surface area (Å²) in [7, 11) is 1.65. The molecule has 0 bridgehead atoms. The van der Waals surface area contributed by atoms with Crippen LogP contribution < -0.4 is 26.8 Å². The summed E-state index contributed by atoms with van der Waals surface area (Å²) in [5.74, 6) is 0. The second-order valence-electron chi connectivity index (χ2n) is 7.80. The molecular formula is C24H17BSi2. The van der Waals surface area contributed by atoms with E-state index in [9.17, 15) is 0 Å². The topological polar surface area (TPSA) is 0 Å². The second kappa shape index (κ2) is 5.57. The van der Waals surface area contributed by atoms with E-state index < -0.39 is 0 Å². The zero-order chi connectivity index (χ0) is 18.1. The van der Waals surface area contributed by atoms with E-state index in [0.29, 0.717) is 6.71 Å². The van der Waals surface area contributed by atoms with Gasteiger partial charge in [0.05, 0.1) is 0 Å². The summed E-state index contributed by atoms with van der Waals surface area (Å²) in [5, 5.41) is 6.04. The molecule has 124 valence electrons. The van der Waals surface area contributed by atoms with Gasteiger partial charge in [0.1, 0.15) is 19.0 Å². The number of fused-ring (bicyclic) bond motifs is 5. The highest BCUT2D eigenvalue weighted by molar-refractivity contribution is 6.99. The fraction of sp³-hybridized carbons (Fsp3) is 0.0833. The molecule has 0 saturated carbocycles. The van der Waals surface area contributed by atoms with E-state index in [1.165, 1.54) is 59.4 Å². The van der Waals surface area contributed by atoms with Crippen molar-refractivity contribution in [3.8, 4) is 11.1 Å². The minimum absolute atomic E-state index is 0.364. The van der Waals surface area contributed by atoms with E-state index in [4.69, 9.17) is 0 Å². The molecule has 0 unspecified atom stereocenters.